The molecule has 1 heterocycles. The van der Waals surface area contributed by atoms with Crippen molar-refractivity contribution in [2.45, 2.75) is 18.0 Å². The van der Waals surface area contributed by atoms with E-state index in [-0.39, 0.29) is 12.2 Å². The lowest BCUT2D eigenvalue weighted by Crippen LogP contribution is -2.28. The van der Waals surface area contributed by atoms with Gasteiger partial charge < -0.3 is 5.32 Å². The Morgan fingerprint density at radius 1 is 1.14 bits per heavy atom. The lowest BCUT2D eigenvalue weighted by molar-refractivity contribution is -0.143. The van der Waals surface area contributed by atoms with E-state index in [2.05, 4.69) is 10.4 Å². The third-order valence-electron chi connectivity index (χ3n) is 4.03. The standard InChI is InChI=1S/C20H17ClF3N3OS/c1-13-2-6-15(7-3-13)27-18(20(22,23)24)17(12-26-27)19(28)25-10-11-29-16-8-4-14(21)5-9-16/h2-9,12H,10-11H2,1H3,(H,25,28). The Morgan fingerprint density at radius 3 is 2.41 bits per heavy atom. The summed E-state index contributed by atoms with van der Waals surface area (Å²) in [5.41, 5.74) is -0.454. The lowest BCUT2D eigenvalue weighted by Gasteiger charge is -2.13. The van der Waals surface area contributed by atoms with Crippen LogP contribution < -0.4 is 5.32 Å². The van der Waals surface area contributed by atoms with Gasteiger partial charge in [-0.05, 0) is 43.3 Å². The van der Waals surface area contributed by atoms with Gasteiger partial charge in [0.05, 0.1) is 17.4 Å². The number of carbonyl (C=O) groups is 1. The van der Waals surface area contributed by atoms with Crippen molar-refractivity contribution in [3.8, 4) is 5.69 Å². The zero-order valence-electron chi connectivity index (χ0n) is 15.3. The number of carbonyl (C=O) groups excluding carboxylic acids is 1. The number of rotatable bonds is 6. The van der Waals surface area contributed by atoms with Gasteiger partial charge >= 0.3 is 6.18 Å². The molecule has 0 fully saturated rings. The maximum Gasteiger partial charge on any atom is 0.434 e. The number of alkyl halides is 3. The van der Waals surface area contributed by atoms with Crippen molar-refractivity contribution in [1.82, 2.24) is 15.1 Å². The van der Waals surface area contributed by atoms with Crippen LogP contribution in [0.3, 0.4) is 0 Å². The predicted molar refractivity (Wildman–Crippen MR) is 108 cm³/mol. The summed E-state index contributed by atoms with van der Waals surface area (Å²) in [4.78, 5) is 13.3. The Hall–Kier alpha value is -2.45. The number of nitrogens with zero attached hydrogens (tertiary/aromatic N) is 2. The van der Waals surface area contributed by atoms with E-state index in [4.69, 9.17) is 11.6 Å². The Balaban J connectivity index is 1.71. The highest BCUT2D eigenvalue weighted by atomic mass is 35.5. The molecule has 0 unspecified atom stereocenters. The quantitative estimate of drug-likeness (QED) is 0.414. The number of halogens is 4. The number of hydrogen-bond acceptors (Lipinski definition) is 3. The summed E-state index contributed by atoms with van der Waals surface area (Å²) < 4.78 is 41.7. The molecule has 0 aliphatic rings. The first-order valence-electron chi connectivity index (χ1n) is 8.64. The van der Waals surface area contributed by atoms with Crippen molar-refractivity contribution in [1.29, 1.82) is 0 Å². The van der Waals surface area contributed by atoms with Crippen LogP contribution >= 0.6 is 23.4 Å². The van der Waals surface area contributed by atoms with Gasteiger partial charge in [0.25, 0.3) is 5.91 Å². The van der Waals surface area contributed by atoms with Gasteiger partial charge in [0.1, 0.15) is 0 Å². The van der Waals surface area contributed by atoms with Gasteiger partial charge in [-0.2, -0.15) is 18.3 Å². The molecule has 3 rings (SSSR count). The monoisotopic (exact) mass is 439 g/mol. The second-order valence-electron chi connectivity index (χ2n) is 6.21. The van der Waals surface area contributed by atoms with Gasteiger partial charge in [-0.25, -0.2) is 4.68 Å². The molecule has 0 aliphatic heterocycles. The SMILES string of the molecule is Cc1ccc(-n2ncc(C(=O)NCCSc3ccc(Cl)cc3)c2C(F)(F)F)cc1. The number of thioether (sulfide) groups is 1. The summed E-state index contributed by atoms with van der Waals surface area (Å²) in [6.07, 6.45) is -3.78. The van der Waals surface area contributed by atoms with Gasteiger partial charge in [0.2, 0.25) is 0 Å². The highest BCUT2D eigenvalue weighted by molar-refractivity contribution is 7.99. The lowest BCUT2D eigenvalue weighted by atomic mass is 10.2. The predicted octanol–water partition coefficient (Wildman–Crippen LogP) is 5.38. The van der Waals surface area contributed by atoms with Gasteiger partial charge in [-0.1, -0.05) is 29.3 Å². The van der Waals surface area contributed by atoms with Crippen LogP contribution in [-0.4, -0.2) is 28.0 Å². The summed E-state index contributed by atoms with van der Waals surface area (Å²) >= 11 is 7.28. The molecule has 29 heavy (non-hydrogen) atoms. The van der Waals surface area contributed by atoms with Crippen LogP contribution in [0.2, 0.25) is 5.02 Å². The highest BCUT2D eigenvalue weighted by Gasteiger charge is 2.40. The molecular formula is C20H17ClF3N3OS. The fraction of sp³-hybridized carbons (Fsp3) is 0.200. The Kier molecular flexibility index (Phi) is 6.54. The van der Waals surface area contributed by atoms with Crippen LogP contribution in [0.4, 0.5) is 13.2 Å². The van der Waals surface area contributed by atoms with Crippen LogP contribution in [0, 0.1) is 6.92 Å². The van der Waals surface area contributed by atoms with E-state index in [9.17, 15) is 18.0 Å². The molecule has 0 atom stereocenters. The molecule has 1 aromatic heterocycles. The molecule has 0 spiro atoms. The van der Waals surface area contributed by atoms with E-state index in [1.165, 1.54) is 23.9 Å². The van der Waals surface area contributed by atoms with Crippen LogP contribution in [0.5, 0.6) is 0 Å². The molecule has 1 N–H and O–H groups in total. The van der Waals surface area contributed by atoms with E-state index in [1.54, 1.807) is 24.3 Å². The van der Waals surface area contributed by atoms with Crippen molar-refractivity contribution >= 4 is 29.3 Å². The van der Waals surface area contributed by atoms with Crippen molar-refractivity contribution in [3.63, 3.8) is 0 Å². The maximum absolute atomic E-state index is 13.7. The largest absolute Gasteiger partial charge is 0.434 e. The van der Waals surface area contributed by atoms with E-state index in [1.807, 2.05) is 19.1 Å². The first kappa shape index (κ1) is 21.3. The molecule has 0 saturated heterocycles. The van der Waals surface area contributed by atoms with Gasteiger partial charge in [-0.15, -0.1) is 11.8 Å². The molecule has 3 aromatic rings. The molecule has 2 aromatic carbocycles. The minimum absolute atomic E-state index is 0.207. The molecule has 152 valence electrons. The van der Waals surface area contributed by atoms with Crippen molar-refractivity contribution < 1.29 is 18.0 Å². The van der Waals surface area contributed by atoms with E-state index >= 15 is 0 Å². The summed E-state index contributed by atoms with van der Waals surface area (Å²) in [6.45, 7) is 2.04. The van der Waals surface area contributed by atoms with E-state index in [0.717, 1.165) is 21.3 Å². The first-order valence-corrected chi connectivity index (χ1v) is 10.0. The number of nitrogens with one attached hydrogen (secondary N) is 1. The number of benzene rings is 2. The van der Waals surface area contributed by atoms with Crippen molar-refractivity contribution in [3.05, 3.63) is 76.6 Å². The molecular weight excluding hydrogens is 423 g/mol. The number of aromatic nitrogens is 2. The normalized spacial score (nSPS) is 11.5. The van der Waals surface area contributed by atoms with E-state index in [0.29, 0.717) is 10.8 Å². The van der Waals surface area contributed by atoms with Crippen LogP contribution in [0.15, 0.2) is 59.6 Å². The zero-order valence-corrected chi connectivity index (χ0v) is 16.9. The molecule has 0 saturated carbocycles. The number of amides is 1. The fourth-order valence-corrected chi connectivity index (χ4v) is 3.52. The van der Waals surface area contributed by atoms with Crippen molar-refractivity contribution in [2.75, 3.05) is 12.3 Å². The van der Waals surface area contributed by atoms with Crippen LogP contribution in [-0.2, 0) is 6.18 Å². The number of aryl methyl sites for hydroxylation is 1. The fourth-order valence-electron chi connectivity index (χ4n) is 2.63. The minimum Gasteiger partial charge on any atom is -0.351 e. The molecule has 1 amide bonds. The summed E-state index contributed by atoms with van der Waals surface area (Å²) in [5, 5.41) is 6.95. The average molecular weight is 440 g/mol. The van der Waals surface area contributed by atoms with Crippen LogP contribution in [0.25, 0.3) is 5.69 Å². The molecule has 0 aliphatic carbocycles. The highest BCUT2D eigenvalue weighted by Crippen LogP contribution is 2.33. The van der Waals surface area contributed by atoms with E-state index < -0.39 is 23.3 Å². The topological polar surface area (TPSA) is 46.9 Å². The average Bonchev–Trinajstić information content (AvgIpc) is 3.13. The zero-order chi connectivity index (χ0) is 21.0. The van der Waals surface area contributed by atoms with Crippen LogP contribution in [0.1, 0.15) is 21.6 Å². The minimum atomic E-state index is -4.73. The second kappa shape index (κ2) is 8.92. The Labute approximate surface area is 175 Å². The number of hydrogen-bond donors (Lipinski definition) is 1. The Morgan fingerprint density at radius 2 is 1.79 bits per heavy atom. The summed E-state index contributed by atoms with van der Waals surface area (Å²) in [6, 6.07) is 13.6. The summed E-state index contributed by atoms with van der Waals surface area (Å²) in [7, 11) is 0. The van der Waals surface area contributed by atoms with Crippen molar-refractivity contribution in [2.24, 2.45) is 0 Å². The third-order valence-corrected chi connectivity index (χ3v) is 5.30. The molecule has 0 bridgehead atoms. The Bertz CT molecular complexity index is 986. The first-order chi connectivity index (χ1) is 13.8. The molecule has 9 heteroatoms. The third kappa shape index (κ3) is 5.33. The summed E-state index contributed by atoms with van der Waals surface area (Å²) in [5.74, 6) is -0.312. The second-order valence-corrected chi connectivity index (χ2v) is 7.82. The van der Waals surface area contributed by atoms with Gasteiger partial charge in [-0.3, -0.25) is 4.79 Å². The molecule has 0 radical (unpaired) electrons. The van der Waals surface area contributed by atoms with Gasteiger partial charge in [0, 0.05) is 22.2 Å². The smallest absolute Gasteiger partial charge is 0.351 e. The maximum atomic E-state index is 13.7. The van der Waals surface area contributed by atoms with Gasteiger partial charge in [0.15, 0.2) is 5.69 Å². The molecule has 4 nitrogen and oxygen atoms in total.